The van der Waals surface area contributed by atoms with Crippen molar-refractivity contribution in [3.8, 4) is 0 Å². The lowest BCUT2D eigenvalue weighted by Crippen LogP contribution is -2.30. The fraction of sp³-hybridized carbons (Fsp3) is 0.615. The summed E-state index contributed by atoms with van der Waals surface area (Å²) in [7, 11) is 0. The zero-order valence-electron chi connectivity index (χ0n) is 10.3. The second-order valence-corrected chi connectivity index (χ2v) is 6.58. The summed E-state index contributed by atoms with van der Waals surface area (Å²) >= 11 is 7.75. The summed E-state index contributed by atoms with van der Waals surface area (Å²) in [4.78, 5) is 14.0. The van der Waals surface area contributed by atoms with Gasteiger partial charge < -0.3 is 5.32 Å². The lowest BCUT2D eigenvalue weighted by atomic mass is 10.1. The van der Waals surface area contributed by atoms with Crippen LogP contribution in [0.5, 0.6) is 0 Å². The van der Waals surface area contributed by atoms with Gasteiger partial charge in [0.15, 0.2) is 0 Å². The van der Waals surface area contributed by atoms with Crippen molar-refractivity contribution in [2.45, 2.75) is 38.5 Å². The van der Waals surface area contributed by atoms with Crippen molar-refractivity contribution in [2.75, 3.05) is 6.54 Å². The number of carbonyl (C=O) groups is 1. The highest BCUT2D eigenvalue weighted by Crippen LogP contribution is 2.29. The van der Waals surface area contributed by atoms with Crippen LogP contribution in [0, 0.1) is 19.8 Å². The molecule has 1 aromatic heterocycles. The Hall–Kier alpha value is -0.540. The maximum Gasteiger partial charge on any atom is 0.261 e. The standard InChI is InChI=1S/C13H18ClNOS/c1-8-6-12(17-9(8)2)13(16)15-7-10-4-3-5-11(10)14/h6,10-11H,3-5,7H2,1-2H3,(H,15,16). The highest BCUT2D eigenvalue weighted by Gasteiger charge is 2.25. The van der Waals surface area contributed by atoms with Crippen molar-refractivity contribution in [3.63, 3.8) is 0 Å². The van der Waals surface area contributed by atoms with Crippen LogP contribution in [0.1, 0.15) is 39.4 Å². The third kappa shape index (κ3) is 3.02. The van der Waals surface area contributed by atoms with Crippen molar-refractivity contribution in [1.82, 2.24) is 5.32 Å². The van der Waals surface area contributed by atoms with E-state index >= 15 is 0 Å². The molecule has 1 N–H and O–H groups in total. The Morgan fingerprint density at radius 1 is 1.53 bits per heavy atom. The van der Waals surface area contributed by atoms with Gasteiger partial charge in [-0.25, -0.2) is 0 Å². The Kier molecular flexibility index (Phi) is 4.10. The SMILES string of the molecule is Cc1cc(C(=O)NCC2CCCC2Cl)sc1C. The van der Waals surface area contributed by atoms with E-state index in [0.717, 1.165) is 17.7 Å². The van der Waals surface area contributed by atoms with Crippen molar-refractivity contribution in [3.05, 3.63) is 21.4 Å². The number of hydrogen-bond acceptors (Lipinski definition) is 2. The third-order valence-electron chi connectivity index (χ3n) is 3.48. The summed E-state index contributed by atoms with van der Waals surface area (Å²) in [5.41, 5.74) is 1.19. The topological polar surface area (TPSA) is 29.1 Å². The van der Waals surface area contributed by atoms with Crippen molar-refractivity contribution < 1.29 is 4.79 Å². The monoisotopic (exact) mass is 271 g/mol. The van der Waals surface area contributed by atoms with Crippen LogP contribution in [-0.4, -0.2) is 17.8 Å². The number of aryl methyl sites for hydroxylation is 2. The van der Waals surface area contributed by atoms with Crippen LogP contribution in [0.2, 0.25) is 0 Å². The molecular formula is C13H18ClNOS. The molecule has 1 aromatic rings. The van der Waals surface area contributed by atoms with Crippen LogP contribution < -0.4 is 5.32 Å². The van der Waals surface area contributed by atoms with Crippen LogP contribution >= 0.6 is 22.9 Å². The van der Waals surface area contributed by atoms with Gasteiger partial charge in [0.1, 0.15) is 0 Å². The highest BCUT2D eigenvalue weighted by atomic mass is 35.5. The first-order valence-corrected chi connectivity index (χ1v) is 7.32. The largest absolute Gasteiger partial charge is 0.351 e. The minimum atomic E-state index is 0.0435. The Morgan fingerprint density at radius 3 is 2.82 bits per heavy atom. The number of carbonyl (C=O) groups excluding carboxylic acids is 1. The zero-order valence-corrected chi connectivity index (χ0v) is 11.8. The van der Waals surface area contributed by atoms with Gasteiger partial charge in [0.05, 0.1) is 4.88 Å². The van der Waals surface area contributed by atoms with Crippen LogP contribution in [0.4, 0.5) is 0 Å². The van der Waals surface area contributed by atoms with E-state index in [2.05, 4.69) is 5.32 Å². The molecule has 2 nitrogen and oxygen atoms in total. The first-order chi connectivity index (χ1) is 8.08. The predicted octanol–water partition coefficient (Wildman–Crippen LogP) is 3.50. The number of thiophene rings is 1. The predicted molar refractivity (Wildman–Crippen MR) is 73.1 cm³/mol. The van der Waals surface area contributed by atoms with Gasteiger partial charge in [-0.1, -0.05) is 6.42 Å². The Bertz CT molecular complexity index is 396. The average Bonchev–Trinajstić information content (AvgIpc) is 2.83. The highest BCUT2D eigenvalue weighted by molar-refractivity contribution is 7.14. The number of nitrogens with one attached hydrogen (secondary N) is 1. The van der Waals surface area contributed by atoms with Crippen LogP contribution in [0.25, 0.3) is 0 Å². The Labute approximate surface area is 111 Å². The van der Waals surface area contributed by atoms with Crippen molar-refractivity contribution in [2.24, 2.45) is 5.92 Å². The van der Waals surface area contributed by atoms with Crippen molar-refractivity contribution >= 4 is 28.8 Å². The molecule has 2 rings (SSSR count). The Balaban J connectivity index is 1.89. The van der Waals surface area contributed by atoms with Crippen LogP contribution in [0.15, 0.2) is 6.07 Å². The van der Waals surface area contributed by atoms with Crippen LogP contribution in [0.3, 0.4) is 0 Å². The number of amides is 1. The zero-order chi connectivity index (χ0) is 12.4. The molecule has 2 atom stereocenters. The van der Waals surface area contributed by atoms with Crippen molar-refractivity contribution in [1.29, 1.82) is 0 Å². The molecule has 1 heterocycles. The molecule has 94 valence electrons. The average molecular weight is 272 g/mol. The molecule has 1 saturated carbocycles. The number of halogens is 1. The molecule has 0 aliphatic heterocycles. The molecule has 1 amide bonds. The van der Waals surface area contributed by atoms with Gasteiger partial charge in [0.25, 0.3) is 5.91 Å². The number of hydrogen-bond donors (Lipinski definition) is 1. The molecular weight excluding hydrogens is 254 g/mol. The molecule has 1 fully saturated rings. The van der Waals surface area contributed by atoms with Crippen LogP contribution in [-0.2, 0) is 0 Å². The van der Waals surface area contributed by atoms with E-state index in [4.69, 9.17) is 11.6 Å². The van der Waals surface area contributed by atoms with E-state index in [1.54, 1.807) is 11.3 Å². The molecule has 0 bridgehead atoms. The lowest BCUT2D eigenvalue weighted by Gasteiger charge is -2.13. The fourth-order valence-corrected chi connectivity index (χ4v) is 3.54. The molecule has 17 heavy (non-hydrogen) atoms. The van der Waals surface area contributed by atoms with E-state index in [-0.39, 0.29) is 11.3 Å². The molecule has 0 spiro atoms. The second-order valence-electron chi connectivity index (χ2n) is 4.77. The maximum absolute atomic E-state index is 11.9. The Morgan fingerprint density at radius 2 is 2.29 bits per heavy atom. The maximum atomic E-state index is 11.9. The van der Waals surface area contributed by atoms with E-state index in [1.807, 2.05) is 19.9 Å². The summed E-state index contributed by atoms with van der Waals surface area (Å²) in [5, 5.41) is 3.24. The quantitative estimate of drug-likeness (QED) is 0.838. The molecule has 4 heteroatoms. The first kappa shape index (κ1) is 12.9. The molecule has 0 radical (unpaired) electrons. The first-order valence-electron chi connectivity index (χ1n) is 6.07. The normalized spacial score (nSPS) is 23.9. The molecule has 0 aromatic carbocycles. The van der Waals surface area contributed by atoms with Gasteiger partial charge in [-0.15, -0.1) is 22.9 Å². The second kappa shape index (κ2) is 5.40. The van der Waals surface area contributed by atoms with E-state index in [1.165, 1.54) is 16.9 Å². The fourth-order valence-electron chi connectivity index (χ4n) is 2.22. The van der Waals surface area contributed by atoms with Gasteiger partial charge in [-0.05, 0) is 44.2 Å². The lowest BCUT2D eigenvalue weighted by molar-refractivity contribution is 0.0951. The number of alkyl halides is 1. The van der Waals surface area contributed by atoms with Gasteiger partial charge >= 0.3 is 0 Å². The summed E-state index contributed by atoms with van der Waals surface area (Å²) in [6.07, 6.45) is 3.40. The summed E-state index contributed by atoms with van der Waals surface area (Å²) < 4.78 is 0. The van der Waals surface area contributed by atoms with E-state index in [9.17, 15) is 4.79 Å². The summed E-state index contributed by atoms with van der Waals surface area (Å²) in [6.45, 7) is 4.79. The summed E-state index contributed by atoms with van der Waals surface area (Å²) in [5.74, 6) is 0.490. The minimum absolute atomic E-state index is 0.0435. The molecule has 1 aliphatic carbocycles. The van der Waals surface area contributed by atoms with Gasteiger partial charge in [-0.3, -0.25) is 4.79 Å². The van der Waals surface area contributed by atoms with E-state index in [0.29, 0.717) is 12.5 Å². The van der Waals surface area contributed by atoms with Gasteiger partial charge in [0.2, 0.25) is 0 Å². The summed E-state index contributed by atoms with van der Waals surface area (Å²) in [6, 6.07) is 1.96. The molecule has 2 unspecified atom stereocenters. The molecule has 1 aliphatic rings. The third-order valence-corrected chi connectivity index (χ3v) is 5.21. The smallest absolute Gasteiger partial charge is 0.261 e. The van der Waals surface area contributed by atoms with Gasteiger partial charge in [0, 0.05) is 16.8 Å². The van der Waals surface area contributed by atoms with E-state index < -0.39 is 0 Å². The number of rotatable bonds is 3. The minimum Gasteiger partial charge on any atom is -0.351 e. The van der Waals surface area contributed by atoms with Gasteiger partial charge in [-0.2, -0.15) is 0 Å². The molecule has 0 saturated heterocycles.